The number of hydrogen-bond acceptors (Lipinski definition) is 2. The minimum Gasteiger partial charge on any atom is -0.310 e. The number of rotatable bonds is 6. The average molecular weight is 237 g/mol. The third-order valence-electron chi connectivity index (χ3n) is 2.64. The lowest BCUT2D eigenvalue weighted by Gasteiger charge is -2.15. The van der Waals surface area contributed by atoms with Crippen LogP contribution in [0.15, 0.2) is 29.2 Å². The van der Waals surface area contributed by atoms with E-state index in [-0.39, 0.29) is 0 Å². The van der Waals surface area contributed by atoms with Gasteiger partial charge in [0, 0.05) is 17.5 Å². The average Bonchev–Trinajstić information content (AvgIpc) is 2.26. The molecule has 1 unspecified atom stereocenters. The van der Waals surface area contributed by atoms with Crippen molar-refractivity contribution in [2.45, 2.75) is 44.7 Å². The van der Waals surface area contributed by atoms with Gasteiger partial charge in [0.2, 0.25) is 0 Å². The molecular weight excluding hydrogens is 214 g/mol. The molecule has 1 rings (SSSR count). The summed E-state index contributed by atoms with van der Waals surface area (Å²) < 4.78 is 0. The Balaban J connectivity index is 2.36. The summed E-state index contributed by atoms with van der Waals surface area (Å²) in [5, 5.41) is 3.56. The van der Waals surface area contributed by atoms with Crippen molar-refractivity contribution in [1.82, 2.24) is 5.32 Å². The fraction of sp³-hybridized carbons (Fsp3) is 0.571. The van der Waals surface area contributed by atoms with Crippen LogP contribution in [0.2, 0.25) is 0 Å². The number of benzene rings is 1. The van der Waals surface area contributed by atoms with E-state index in [9.17, 15) is 0 Å². The molecule has 16 heavy (non-hydrogen) atoms. The number of hydrogen-bond donors (Lipinski definition) is 1. The van der Waals surface area contributed by atoms with E-state index in [4.69, 9.17) is 0 Å². The Morgan fingerprint density at radius 3 is 2.25 bits per heavy atom. The molecule has 1 atom stereocenters. The Labute approximate surface area is 104 Å². The van der Waals surface area contributed by atoms with Gasteiger partial charge in [-0.25, -0.2) is 0 Å². The lowest BCUT2D eigenvalue weighted by Crippen LogP contribution is -2.26. The van der Waals surface area contributed by atoms with Crippen molar-refractivity contribution in [3.05, 3.63) is 29.8 Å². The molecule has 1 aromatic carbocycles. The standard InChI is InChI=1S/C14H23NS/c1-11(2)9-12(3)15-10-13-5-7-14(16-4)8-6-13/h5-8,11-12,15H,9-10H2,1-4H3. The minimum absolute atomic E-state index is 0.597. The van der Waals surface area contributed by atoms with Crippen molar-refractivity contribution in [2.75, 3.05) is 6.26 Å². The highest BCUT2D eigenvalue weighted by Crippen LogP contribution is 2.15. The third kappa shape index (κ3) is 5.04. The van der Waals surface area contributed by atoms with Gasteiger partial charge >= 0.3 is 0 Å². The van der Waals surface area contributed by atoms with Crippen LogP contribution in [0, 0.1) is 5.92 Å². The fourth-order valence-corrected chi connectivity index (χ4v) is 2.23. The van der Waals surface area contributed by atoms with Gasteiger partial charge in [0.1, 0.15) is 0 Å². The number of nitrogens with one attached hydrogen (secondary N) is 1. The molecule has 0 aromatic heterocycles. The van der Waals surface area contributed by atoms with Gasteiger partial charge in [-0.1, -0.05) is 26.0 Å². The van der Waals surface area contributed by atoms with Gasteiger partial charge in [0.05, 0.1) is 0 Å². The Bertz CT molecular complexity index is 292. The molecular formula is C14H23NS. The van der Waals surface area contributed by atoms with Crippen molar-refractivity contribution in [2.24, 2.45) is 5.92 Å². The Hall–Kier alpha value is -0.470. The monoisotopic (exact) mass is 237 g/mol. The zero-order valence-electron chi connectivity index (χ0n) is 10.8. The zero-order valence-corrected chi connectivity index (χ0v) is 11.6. The molecule has 0 aliphatic carbocycles. The molecule has 0 spiro atoms. The summed E-state index contributed by atoms with van der Waals surface area (Å²) in [4.78, 5) is 1.33. The summed E-state index contributed by atoms with van der Waals surface area (Å²) in [6.07, 6.45) is 3.35. The first kappa shape index (κ1) is 13.6. The summed E-state index contributed by atoms with van der Waals surface area (Å²) >= 11 is 1.79. The maximum Gasteiger partial charge on any atom is 0.0207 e. The van der Waals surface area contributed by atoms with E-state index in [1.165, 1.54) is 16.9 Å². The molecule has 0 amide bonds. The molecule has 0 radical (unpaired) electrons. The van der Waals surface area contributed by atoms with Gasteiger partial charge in [-0.05, 0) is 43.2 Å². The summed E-state index contributed by atoms with van der Waals surface area (Å²) in [7, 11) is 0. The quantitative estimate of drug-likeness (QED) is 0.752. The smallest absolute Gasteiger partial charge is 0.0207 e. The van der Waals surface area contributed by atoms with E-state index in [1.54, 1.807) is 11.8 Å². The van der Waals surface area contributed by atoms with Crippen LogP contribution in [0.4, 0.5) is 0 Å². The fourth-order valence-electron chi connectivity index (χ4n) is 1.83. The van der Waals surface area contributed by atoms with Crippen LogP contribution >= 0.6 is 11.8 Å². The Morgan fingerprint density at radius 1 is 1.12 bits per heavy atom. The van der Waals surface area contributed by atoms with Gasteiger partial charge in [0.25, 0.3) is 0 Å². The van der Waals surface area contributed by atoms with Crippen molar-refractivity contribution in [1.29, 1.82) is 0 Å². The first-order valence-corrected chi connectivity index (χ1v) is 7.20. The second-order valence-electron chi connectivity index (χ2n) is 4.76. The first-order valence-electron chi connectivity index (χ1n) is 5.98. The molecule has 2 heteroatoms. The van der Waals surface area contributed by atoms with Crippen molar-refractivity contribution < 1.29 is 0 Å². The maximum absolute atomic E-state index is 3.56. The Kier molecular flexibility index (Phi) is 5.93. The summed E-state index contributed by atoms with van der Waals surface area (Å²) in [6, 6.07) is 9.39. The highest BCUT2D eigenvalue weighted by atomic mass is 32.2. The van der Waals surface area contributed by atoms with Crippen molar-refractivity contribution >= 4 is 11.8 Å². The van der Waals surface area contributed by atoms with E-state index in [0.29, 0.717) is 6.04 Å². The molecule has 0 heterocycles. The van der Waals surface area contributed by atoms with E-state index >= 15 is 0 Å². The van der Waals surface area contributed by atoms with Crippen molar-refractivity contribution in [3.63, 3.8) is 0 Å². The molecule has 90 valence electrons. The molecule has 0 saturated heterocycles. The van der Waals surface area contributed by atoms with Gasteiger partial charge in [-0.2, -0.15) is 0 Å². The van der Waals surface area contributed by atoms with E-state index < -0.39 is 0 Å². The molecule has 0 saturated carbocycles. The predicted molar refractivity (Wildman–Crippen MR) is 74.0 cm³/mol. The Morgan fingerprint density at radius 2 is 1.75 bits per heavy atom. The van der Waals surface area contributed by atoms with Crippen LogP contribution in [-0.4, -0.2) is 12.3 Å². The second-order valence-corrected chi connectivity index (χ2v) is 5.64. The summed E-state index contributed by atoms with van der Waals surface area (Å²) in [5.41, 5.74) is 1.37. The van der Waals surface area contributed by atoms with E-state index in [1.807, 2.05) is 0 Å². The lowest BCUT2D eigenvalue weighted by molar-refractivity contribution is 0.441. The number of thioether (sulfide) groups is 1. The lowest BCUT2D eigenvalue weighted by atomic mass is 10.1. The first-order chi connectivity index (χ1) is 7.61. The highest BCUT2D eigenvalue weighted by molar-refractivity contribution is 7.98. The maximum atomic E-state index is 3.56. The van der Waals surface area contributed by atoms with Crippen LogP contribution in [0.25, 0.3) is 0 Å². The van der Waals surface area contributed by atoms with Crippen LogP contribution < -0.4 is 5.32 Å². The van der Waals surface area contributed by atoms with Crippen LogP contribution in [-0.2, 0) is 6.54 Å². The predicted octanol–water partition coefficient (Wildman–Crippen LogP) is 3.93. The molecule has 1 aromatic rings. The molecule has 1 nitrogen and oxygen atoms in total. The van der Waals surface area contributed by atoms with E-state index in [0.717, 1.165) is 12.5 Å². The SMILES string of the molecule is CSc1ccc(CNC(C)CC(C)C)cc1. The van der Waals surface area contributed by atoms with Crippen molar-refractivity contribution in [3.8, 4) is 0 Å². The summed E-state index contributed by atoms with van der Waals surface area (Å²) in [6.45, 7) is 7.77. The second kappa shape index (κ2) is 6.97. The van der Waals surface area contributed by atoms with E-state index in [2.05, 4.69) is 56.6 Å². The van der Waals surface area contributed by atoms with Gasteiger partial charge in [-0.15, -0.1) is 11.8 Å². The van der Waals surface area contributed by atoms with Gasteiger partial charge in [0.15, 0.2) is 0 Å². The molecule has 0 aliphatic rings. The van der Waals surface area contributed by atoms with Gasteiger partial charge < -0.3 is 5.32 Å². The highest BCUT2D eigenvalue weighted by Gasteiger charge is 2.04. The third-order valence-corrected chi connectivity index (χ3v) is 3.38. The minimum atomic E-state index is 0.597. The van der Waals surface area contributed by atoms with Gasteiger partial charge in [-0.3, -0.25) is 0 Å². The molecule has 0 aliphatic heterocycles. The molecule has 0 fully saturated rings. The van der Waals surface area contributed by atoms with Crippen LogP contribution in [0.3, 0.4) is 0 Å². The van der Waals surface area contributed by atoms with Crippen LogP contribution in [0.5, 0.6) is 0 Å². The topological polar surface area (TPSA) is 12.0 Å². The zero-order chi connectivity index (χ0) is 12.0. The summed E-state index contributed by atoms with van der Waals surface area (Å²) in [5.74, 6) is 0.765. The molecule has 0 bridgehead atoms. The largest absolute Gasteiger partial charge is 0.310 e. The molecule has 1 N–H and O–H groups in total. The van der Waals surface area contributed by atoms with Crippen LogP contribution in [0.1, 0.15) is 32.8 Å². The normalized spacial score (nSPS) is 13.1.